The molecule has 116 valence electrons. The summed E-state index contributed by atoms with van der Waals surface area (Å²) in [5, 5.41) is 5.57. The van der Waals surface area contributed by atoms with Crippen LogP contribution in [0, 0.1) is 27.7 Å². The standard InChI is InChI=1S/2C11H11.Cr/c2*1-8-6-7-9(2)11-5-3-4-10(8)11;/h2*3-7H,1-2H3;/q2*-1;+2. The Morgan fingerprint density at radius 2 is 0.870 bits per heavy atom. The van der Waals surface area contributed by atoms with E-state index in [9.17, 15) is 0 Å². The smallest absolute Gasteiger partial charge is 0.168 e. The molecule has 4 rings (SSSR count). The van der Waals surface area contributed by atoms with Gasteiger partial charge in [-0.15, -0.1) is 56.9 Å². The number of hydrogen-bond acceptors (Lipinski definition) is 0. The number of rotatable bonds is 0. The monoisotopic (exact) mass is 338 g/mol. The second kappa shape index (κ2) is 7.18. The van der Waals surface area contributed by atoms with Crippen molar-refractivity contribution in [3.8, 4) is 0 Å². The molecule has 0 unspecified atom stereocenters. The predicted octanol–water partition coefficient (Wildman–Crippen LogP) is 6.35. The first-order valence-electron chi connectivity index (χ1n) is 7.81. The molecule has 0 bridgehead atoms. The fourth-order valence-electron chi connectivity index (χ4n) is 3.07. The van der Waals surface area contributed by atoms with Crippen LogP contribution in [0.25, 0.3) is 21.5 Å². The molecule has 0 saturated carbocycles. The van der Waals surface area contributed by atoms with E-state index in [1.165, 1.54) is 43.8 Å². The Bertz CT molecular complexity index is 772. The molecule has 0 aliphatic carbocycles. The van der Waals surface area contributed by atoms with Crippen molar-refractivity contribution < 1.29 is 17.4 Å². The van der Waals surface area contributed by atoms with Gasteiger partial charge in [0.2, 0.25) is 0 Å². The van der Waals surface area contributed by atoms with E-state index < -0.39 is 0 Å². The summed E-state index contributed by atoms with van der Waals surface area (Å²) in [7, 11) is 0. The van der Waals surface area contributed by atoms with Gasteiger partial charge in [0, 0.05) is 0 Å². The maximum Gasteiger partial charge on any atom is 2.00 e. The fourth-order valence-corrected chi connectivity index (χ4v) is 3.07. The first kappa shape index (κ1) is 17.5. The SMILES string of the molecule is Cc1ccc(C)c2[cH-]ccc12.Cc1ccc(C)c2[cH-]ccc12.[Cr+2]. The van der Waals surface area contributed by atoms with Crippen molar-refractivity contribution >= 4 is 21.5 Å². The molecule has 0 atom stereocenters. The zero-order chi connectivity index (χ0) is 15.7. The molecule has 0 nitrogen and oxygen atoms in total. The Morgan fingerprint density at radius 3 is 1.22 bits per heavy atom. The van der Waals surface area contributed by atoms with Crippen molar-refractivity contribution in [1.82, 2.24) is 0 Å². The minimum Gasteiger partial charge on any atom is -0.168 e. The van der Waals surface area contributed by atoms with Crippen LogP contribution < -0.4 is 0 Å². The molecular weight excluding hydrogens is 316 g/mol. The van der Waals surface area contributed by atoms with Gasteiger partial charge in [0.25, 0.3) is 0 Å². The van der Waals surface area contributed by atoms with Gasteiger partial charge in [0.05, 0.1) is 0 Å². The zero-order valence-electron chi connectivity index (χ0n) is 14.2. The molecule has 4 aromatic carbocycles. The summed E-state index contributed by atoms with van der Waals surface area (Å²) in [5.74, 6) is 0. The van der Waals surface area contributed by atoms with Crippen LogP contribution in [-0.2, 0) is 17.4 Å². The third-order valence-electron chi connectivity index (χ3n) is 4.50. The minimum absolute atomic E-state index is 0. The van der Waals surface area contributed by atoms with Crippen molar-refractivity contribution in [1.29, 1.82) is 0 Å². The molecule has 4 aromatic rings. The molecule has 0 aliphatic rings. The quantitative estimate of drug-likeness (QED) is 0.328. The van der Waals surface area contributed by atoms with E-state index in [4.69, 9.17) is 0 Å². The molecule has 0 fully saturated rings. The second-order valence-corrected chi connectivity index (χ2v) is 6.10. The number of fused-ring (bicyclic) bond motifs is 2. The molecule has 0 spiro atoms. The van der Waals surface area contributed by atoms with E-state index >= 15 is 0 Å². The Morgan fingerprint density at radius 1 is 0.522 bits per heavy atom. The Kier molecular flexibility index (Phi) is 5.47. The average molecular weight is 338 g/mol. The molecule has 0 radical (unpaired) electrons. The van der Waals surface area contributed by atoms with Crippen molar-refractivity contribution in [2.24, 2.45) is 0 Å². The van der Waals surface area contributed by atoms with E-state index in [0.29, 0.717) is 0 Å². The van der Waals surface area contributed by atoms with E-state index in [2.05, 4.69) is 88.4 Å². The van der Waals surface area contributed by atoms with Crippen LogP contribution in [0.2, 0.25) is 0 Å². The molecule has 0 N–H and O–H groups in total. The van der Waals surface area contributed by atoms with Gasteiger partial charge < -0.3 is 0 Å². The summed E-state index contributed by atoms with van der Waals surface area (Å²) in [5.41, 5.74) is 5.48. The van der Waals surface area contributed by atoms with Crippen molar-refractivity contribution in [2.75, 3.05) is 0 Å². The first-order chi connectivity index (χ1) is 10.6. The maximum atomic E-state index is 2.18. The van der Waals surface area contributed by atoms with E-state index in [0.717, 1.165) is 0 Å². The molecule has 0 amide bonds. The first-order valence-corrected chi connectivity index (χ1v) is 7.81. The number of benzene rings is 2. The maximum absolute atomic E-state index is 2.18. The molecule has 0 aromatic heterocycles. The van der Waals surface area contributed by atoms with Gasteiger partial charge in [-0.3, -0.25) is 0 Å². The Hall–Kier alpha value is -1.81. The summed E-state index contributed by atoms with van der Waals surface area (Å²) in [6.07, 6.45) is 0. The summed E-state index contributed by atoms with van der Waals surface area (Å²) in [6.45, 7) is 8.62. The number of aryl methyl sites for hydroxylation is 4. The summed E-state index contributed by atoms with van der Waals surface area (Å²) >= 11 is 0. The van der Waals surface area contributed by atoms with Crippen LogP contribution in [0.1, 0.15) is 22.3 Å². The van der Waals surface area contributed by atoms with Gasteiger partial charge in [0.15, 0.2) is 0 Å². The van der Waals surface area contributed by atoms with Crippen LogP contribution in [-0.4, -0.2) is 0 Å². The normalized spacial score (nSPS) is 10.3. The summed E-state index contributed by atoms with van der Waals surface area (Å²) < 4.78 is 0. The van der Waals surface area contributed by atoms with Gasteiger partial charge in [-0.05, 0) is 13.8 Å². The Balaban J connectivity index is 0.000000160. The summed E-state index contributed by atoms with van der Waals surface area (Å²) in [4.78, 5) is 0. The van der Waals surface area contributed by atoms with Crippen LogP contribution in [0.4, 0.5) is 0 Å². The zero-order valence-corrected chi connectivity index (χ0v) is 15.5. The third kappa shape index (κ3) is 3.42. The van der Waals surface area contributed by atoms with Gasteiger partial charge in [-0.2, -0.15) is 24.3 Å². The summed E-state index contributed by atoms with van der Waals surface area (Å²) in [6, 6.07) is 21.7. The van der Waals surface area contributed by atoms with E-state index in [-0.39, 0.29) is 17.4 Å². The molecule has 0 saturated heterocycles. The van der Waals surface area contributed by atoms with Gasteiger partial charge in [0.1, 0.15) is 0 Å². The molecular formula is C22H22Cr. The number of hydrogen-bond donors (Lipinski definition) is 0. The van der Waals surface area contributed by atoms with Crippen molar-refractivity contribution in [2.45, 2.75) is 27.7 Å². The van der Waals surface area contributed by atoms with Crippen LogP contribution in [0.5, 0.6) is 0 Å². The second-order valence-electron chi connectivity index (χ2n) is 6.10. The van der Waals surface area contributed by atoms with Crippen LogP contribution >= 0.6 is 0 Å². The average Bonchev–Trinajstić information content (AvgIpc) is 3.17. The van der Waals surface area contributed by atoms with Crippen molar-refractivity contribution in [3.63, 3.8) is 0 Å². The molecule has 23 heavy (non-hydrogen) atoms. The van der Waals surface area contributed by atoms with E-state index in [1.54, 1.807) is 0 Å². The van der Waals surface area contributed by atoms with Gasteiger partial charge >= 0.3 is 17.4 Å². The fraction of sp³-hybridized carbons (Fsp3) is 0.182. The minimum atomic E-state index is 0. The van der Waals surface area contributed by atoms with E-state index in [1.807, 2.05) is 0 Å². The topological polar surface area (TPSA) is 0 Å². The van der Waals surface area contributed by atoms with Gasteiger partial charge in [-0.25, -0.2) is 0 Å². The predicted molar refractivity (Wildman–Crippen MR) is 98.0 cm³/mol. The molecule has 0 heterocycles. The van der Waals surface area contributed by atoms with Crippen molar-refractivity contribution in [3.05, 3.63) is 82.9 Å². The largest absolute Gasteiger partial charge is 2.00 e. The molecule has 1 heteroatoms. The van der Waals surface area contributed by atoms with Crippen LogP contribution in [0.15, 0.2) is 60.7 Å². The van der Waals surface area contributed by atoms with Gasteiger partial charge in [-0.1, -0.05) is 37.1 Å². The Labute approximate surface area is 149 Å². The van der Waals surface area contributed by atoms with Crippen LogP contribution in [0.3, 0.4) is 0 Å². The molecule has 0 aliphatic heterocycles. The third-order valence-corrected chi connectivity index (χ3v) is 4.50.